The van der Waals surface area contributed by atoms with Crippen LogP contribution < -0.4 is 4.74 Å². The van der Waals surface area contributed by atoms with Gasteiger partial charge in [0.25, 0.3) is 0 Å². The molecule has 0 spiro atoms. The number of fused-ring (bicyclic) bond motifs is 1. The van der Waals surface area contributed by atoms with Gasteiger partial charge in [0, 0.05) is 16.6 Å². The van der Waals surface area contributed by atoms with E-state index in [0.717, 1.165) is 18.6 Å². The van der Waals surface area contributed by atoms with Gasteiger partial charge in [-0.3, -0.25) is 0 Å². The molecule has 0 saturated carbocycles. The summed E-state index contributed by atoms with van der Waals surface area (Å²) in [7, 11) is 1.88. The first-order chi connectivity index (χ1) is 9.65. The Morgan fingerprint density at radius 1 is 1.24 bits per heavy atom. The number of rotatable bonds is 5. The predicted octanol–water partition coefficient (Wildman–Crippen LogP) is 3.79. The molecule has 0 aromatic heterocycles. The summed E-state index contributed by atoms with van der Waals surface area (Å²) < 4.78 is 28.6. The van der Waals surface area contributed by atoms with Crippen LogP contribution in [0.25, 0.3) is 0 Å². The van der Waals surface area contributed by atoms with Crippen LogP contribution in [0.15, 0.2) is 18.2 Å². The Morgan fingerprint density at radius 2 is 1.90 bits per heavy atom. The summed E-state index contributed by atoms with van der Waals surface area (Å²) in [6.07, 6.45) is 3.45. The Bertz CT molecular complexity index is 602. The van der Waals surface area contributed by atoms with Crippen LogP contribution in [0.4, 0.5) is 0 Å². The minimum Gasteiger partial charge on any atom is -0.493 e. The van der Waals surface area contributed by atoms with Crippen molar-refractivity contribution in [3.05, 3.63) is 29.3 Å². The van der Waals surface area contributed by atoms with Gasteiger partial charge in [-0.25, -0.2) is 8.42 Å². The molecule has 0 heterocycles. The molecular formula is C16H23ClO3S. The van der Waals surface area contributed by atoms with E-state index < -0.39 is 9.05 Å². The van der Waals surface area contributed by atoms with E-state index in [9.17, 15) is 8.42 Å². The molecule has 21 heavy (non-hydrogen) atoms. The molecule has 1 aromatic rings. The summed E-state index contributed by atoms with van der Waals surface area (Å²) in [5.74, 6) is 0.605. The van der Waals surface area contributed by atoms with Crippen molar-refractivity contribution in [1.82, 2.24) is 0 Å². The zero-order valence-electron chi connectivity index (χ0n) is 12.9. The Kier molecular flexibility index (Phi) is 4.89. The van der Waals surface area contributed by atoms with Gasteiger partial charge < -0.3 is 4.74 Å². The number of halogens is 1. The summed E-state index contributed by atoms with van der Waals surface area (Å²) in [5.41, 5.74) is 2.57. The molecule has 0 radical (unpaired) electrons. The van der Waals surface area contributed by atoms with Crippen molar-refractivity contribution in [2.75, 3.05) is 12.4 Å². The Hall–Kier alpha value is -0.740. The molecule has 1 aromatic carbocycles. The third-order valence-electron chi connectivity index (χ3n) is 4.15. The molecule has 118 valence electrons. The molecule has 0 N–H and O–H groups in total. The predicted molar refractivity (Wildman–Crippen MR) is 86.5 cm³/mol. The van der Waals surface area contributed by atoms with Gasteiger partial charge in [0.1, 0.15) is 5.75 Å². The molecule has 5 heteroatoms. The van der Waals surface area contributed by atoms with E-state index in [4.69, 9.17) is 15.4 Å². The van der Waals surface area contributed by atoms with Crippen LogP contribution in [0.2, 0.25) is 0 Å². The Labute approximate surface area is 132 Å². The van der Waals surface area contributed by atoms with Crippen LogP contribution >= 0.6 is 10.7 Å². The van der Waals surface area contributed by atoms with E-state index in [1.807, 2.05) is 26.8 Å². The lowest BCUT2D eigenvalue weighted by Gasteiger charge is -2.29. The molecule has 0 fully saturated rings. The normalized spacial score (nSPS) is 16.6. The molecule has 1 aliphatic rings. The maximum Gasteiger partial charge on any atom is 0.233 e. The SMILES string of the molecule is CC(C)(C)C(COc1ccc2c(c1)CCC2)CS(=O)(=O)Cl. The fraction of sp³-hybridized carbons (Fsp3) is 0.625. The van der Waals surface area contributed by atoms with E-state index in [-0.39, 0.29) is 17.1 Å². The average molecular weight is 331 g/mol. The first kappa shape index (κ1) is 16.6. The van der Waals surface area contributed by atoms with Crippen LogP contribution in [0.1, 0.15) is 38.3 Å². The number of ether oxygens (including phenoxy) is 1. The molecule has 1 atom stereocenters. The Balaban J connectivity index is 2.04. The highest BCUT2D eigenvalue weighted by molar-refractivity contribution is 8.13. The monoisotopic (exact) mass is 330 g/mol. The van der Waals surface area contributed by atoms with Crippen molar-refractivity contribution in [3.63, 3.8) is 0 Å². The number of aryl methyl sites for hydroxylation is 2. The third kappa shape index (κ3) is 4.89. The van der Waals surface area contributed by atoms with Crippen LogP contribution in [-0.2, 0) is 21.9 Å². The van der Waals surface area contributed by atoms with Gasteiger partial charge in [0.15, 0.2) is 0 Å². The van der Waals surface area contributed by atoms with Gasteiger partial charge in [0.05, 0.1) is 12.4 Å². The zero-order chi connectivity index (χ0) is 15.7. The first-order valence-corrected chi connectivity index (χ1v) is 9.80. The van der Waals surface area contributed by atoms with E-state index in [1.165, 1.54) is 17.5 Å². The number of hydrogen-bond acceptors (Lipinski definition) is 3. The van der Waals surface area contributed by atoms with Gasteiger partial charge in [0.2, 0.25) is 9.05 Å². The largest absolute Gasteiger partial charge is 0.493 e. The first-order valence-electron chi connectivity index (χ1n) is 7.32. The summed E-state index contributed by atoms with van der Waals surface area (Å²) in [4.78, 5) is 0. The average Bonchev–Trinajstić information content (AvgIpc) is 2.79. The van der Waals surface area contributed by atoms with Crippen LogP contribution in [-0.4, -0.2) is 20.8 Å². The van der Waals surface area contributed by atoms with Crippen LogP contribution in [0.5, 0.6) is 5.75 Å². The van der Waals surface area contributed by atoms with Gasteiger partial charge in [-0.2, -0.15) is 0 Å². The van der Waals surface area contributed by atoms with Gasteiger partial charge in [-0.05, 0) is 47.9 Å². The molecule has 0 bridgehead atoms. The topological polar surface area (TPSA) is 43.4 Å². The molecule has 0 saturated heterocycles. The quantitative estimate of drug-likeness (QED) is 0.771. The molecule has 0 amide bonds. The maximum absolute atomic E-state index is 11.4. The lowest BCUT2D eigenvalue weighted by atomic mass is 9.82. The lowest BCUT2D eigenvalue weighted by molar-refractivity contribution is 0.163. The van der Waals surface area contributed by atoms with Gasteiger partial charge >= 0.3 is 0 Å². The van der Waals surface area contributed by atoms with E-state index in [2.05, 4.69) is 12.1 Å². The zero-order valence-corrected chi connectivity index (χ0v) is 14.4. The minimum absolute atomic E-state index is 0.0665. The van der Waals surface area contributed by atoms with Crippen molar-refractivity contribution in [2.24, 2.45) is 11.3 Å². The van der Waals surface area contributed by atoms with Gasteiger partial charge in [-0.15, -0.1) is 0 Å². The van der Waals surface area contributed by atoms with Gasteiger partial charge in [-0.1, -0.05) is 26.8 Å². The molecular weight excluding hydrogens is 308 g/mol. The summed E-state index contributed by atoms with van der Waals surface area (Å²) in [5, 5.41) is 0. The van der Waals surface area contributed by atoms with Crippen molar-refractivity contribution in [1.29, 1.82) is 0 Å². The van der Waals surface area contributed by atoms with E-state index in [1.54, 1.807) is 0 Å². The van der Waals surface area contributed by atoms with Crippen molar-refractivity contribution in [3.8, 4) is 5.75 Å². The molecule has 2 rings (SSSR count). The summed E-state index contributed by atoms with van der Waals surface area (Å²) in [6.45, 7) is 6.37. The number of benzene rings is 1. The van der Waals surface area contributed by atoms with E-state index in [0.29, 0.717) is 6.61 Å². The van der Waals surface area contributed by atoms with Crippen molar-refractivity contribution in [2.45, 2.75) is 40.0 Å². The van der Waals surface area contributed by atoms with Crippen LogP contribution in [0.3, 0.4) is 0 Å². The second-order valence-corrected chi connectivity index (χ2v) is 9.69. The minimum atomic E-state index is -3.53. The Morgan fingerprint density at radius 3 is 2.52 bits per heavy atom. The maximum atomic E-state index is 11.4. The summed E-state index contributed by atoms with van der Waals surface area (Å²) >= 11 is 0. The van der Waals surface area contributed by atoms with E-state index >= 15 is 0 Å². The second-order valence-electron chi connectivity index (χ2n) is 6.86. The molecule has 1 unspecified atom stereocenters. The second kappa shape index (κ2) is 6.17. The smallest absolute Gasteiger partial charge is 0.233 e. The summed E-state index contributed by atoms with van der Waals surface area (Å²) in [6, 6.07) is 6.17. The fourth-order valence-corrected chi connectivity index (χ4v) is 4.16. The fourth-order valence-electron chi connectivity index (χ4n) is 2.62. The number of hydrogen-bond donors (Lipinski definition) is 0. The lowest BCUT2D eigenvalue weighted by Crippen LogP contribution is -2.31. The highest BCUT2D eigenvalue weighted by atomic mass is 35.7. The molecule has 3 nitrogen and oxygen atoms in total. The van der Waals surface area contributed by atoms with Crippen LogP contribution in [0, 0.1) is 11.3 Å². The highest BCUT2D eigenvalue weighted by Crippen LogP contribution is 2.30. The van der Waals surface area contributed by atoms with Crippen molar-refractivity contribution >= 4 is 19.7 Å². The van der Waals surface area contributed by atoms with Crippen molar-refractivity contribution < 1.29 is 13.2 Å². The standard InChI is InChI=1S/C16H23ClO3S/c1-16(2,3)14(11-21(17,18)19)10-20-15-8-7-12-5-4-6-13(12)9-15/h7-9,14H,4-6,10-11H2,1-3H3. The molecule has 0 aliphatic heterocycles. The highest BCUT2D eigenvalue weighted by Gasteiger charge is 2.29. The third-order valence-corrected chi connectivity index (χ3v) is 5.32. The molecule has 1 aliphatic carbocycles.